The SMILES string of the molecule is CCN(Cc1ccc[n+]([C@@H]2O[C@H](C(=O)O)[C@@H](OC(C)=O)[C@H](OC(C)=O)[C@]2(OC)C(C)=O)c1)C(=O)c1ccc(Cl)c(C2(C)C(=O)N(Cc3ccc(OC)cc3OC)c3ccc(Cl)cc32)c1. The van der Waals surface area contributed by atoms with Crippen LogP contribution in [-0.2, 0) is 61.4 Å². The fraction of sp³-hybridized carbons (Fsp3) is 0.370. The van der Waals surface area contributed by atoms with E-state index in [1.807, 2.05) is 6.07 Å². The molecule has 64 heavy (non-hydrogen) atoms. The fourth-order valence-electron chi connectivity index (χ4n) is 8.50. The van der Waals surface area contributed by atoms with Crippen LogP contribution >= 0.6 is 23.2 Å². The van der Waals surface area contributed by atoms with Gasteiger partial charge in [0.1, 0.15) is 16.9 Å². The summed E-state index contributed by atoms with van der Waals surface area (Å²) in [5, 5.41) is 10.9. The monoisotopic (exact) mass is 920 g/mol. The lowest BCUT2D eigenvalue weighted by molar-refractivity contribution is -0.782. The van der Waals surface area contributed by atoms with Gasteiger partial charge in [0.15, 0.2) is 30.4 Å². The Morgan fingerprint density at radius 2 is 1.62 bits per heavy atom. The molecule has 0 radical (unpaired) electrons. The lowest BCUT2D eigenvalue weighted by Crippen LogP contribution is -2.74. The number of carboxylic acid groups (broad SMARTS) is 1. The molecule has 0 saturated carbocycles. The lowest BCUT2D eigenvalue weighted by atomic mass is 9.76. The summed E-state index contributed by atoms with van der Waals surface area (Å²) >= 11 is 13.5. The summed E-state index contributed by atoms with van der Waals surface area (Å²) in [5.74, 6) is -3.71. The van der Waals surface area contributed by atoms with E-state index in [0.29, 0.717) is 38.9 Å². The van der Waals surface area contributed by atoms with Gasteiger partial charge in [-0.25, -0.2) is 4.79 Å². The number of halogens is 2. The highest BCUT2D eigenvalue weighted by atomic mass is 35.5. The number of carbonyl (C=O) groups is 6. The molecule has 0 spiro atoms. The molecule has 1 unspecified atom stereocenters. The molecular weight excluding hydrogens is 873 g/mol. The summed E-state index contributed by atoms with van der Waals surface area (Å²) in [6, 6.07) is 18.6. The Morgan fingerprint density at radius 3 is 2.23 bits per heavy atom. The molecule has 2 aliphatic heterocycles. The van der Waals surface area contributed by atoms with Crippen LogP contribution in [-0.4, -0.2) is 97.3 Å². The fourth-order valence-corrected chi connectivity index (χ4v) is 8.98. The molecule has 3 aromatic carbocycles. The molecule has 0 aliphatic carbocycles. The van der Waals surface area contributed by atoms with Crippen molar-refractivity contribution < 1.29 is 66.9 Å². The zero-order valence-corrected chi connectivity index (χ0v) is 37.9. The van der Waals surface area contributed by atoms with Crippen LogP contribution in [0.4, 0.5) is 5.69 Å². The molecule has 0 bridgehead atoms. The van der Waals surface area contributed by atoms with Crippen LogP contribution in [0, 0.1) is 0 Å². The van der Waals surface area contributed by atoms with Crippen LogP contribution in [0.2, 0.25) is 10.0 Å². The summed E-state index contributed by atoms with van der Waals surface area (Å²) in [6.07, 6.45) is -3.99. The van der Waals surface area contributed by atoms with Crippen molar-refractivity contribution in [3.8, 4) is 11.5 Å². The Hall–Kier alpha value is -6.07. The Labute approximate surface area is 379 Å². The van der Waals surface area contributed by atoms with Crippen molar-refractivity contribution in [3.63, 3.8) is 0 Å². The molecule has 1 fully saturated rings. The number of ether oxygens (including phenoxy) is 6. The summed E-state index contributed by atoms with van der Waals surface area (Å²) in [4.78, 5) is 83.2. The van der Waals surface area contributed by atoms with Crippen molar-refractivity contribution in [2.45, 2.75) is 83.3 Å². The molecule has 18 heteroatoms. The predicted octanol–water partition coefficient (Wildman–Crippen LogP) is 5.63. The van der Waals surface area contributed by atoms with Gasteiger partial charge in [0.25, 0.3) is 11.5 Å². The van der Waals surface area contributed by atoms with E-state index in [1.54, 1.807) is 86.5 Å². The number of benzene rings is 3. The van der Waals surface area contributed by atoms with Gasteiger partial charge in [0.05, 0.1) is 27.3 Å². The van der Waals surface area contributed by atoms with Gasteiger partial charge in [-0.1, -0.05) is 23.2 Å². The summed E-state index contributed by atoms with van der Waals surface area (Å²) in [5.41, 5.74) is -0.563. The molecule has 1 N–H and O–H groups in total. The molecule has 1 saturated heterocycles. The molecule has 16 nitrogen and oxygen atoms in total. The number of hydrogen-bond acceptors (Lipinski definition) is 12. The minimum Gasteiger partial charge on any atom is -0.497 e. The molecule has 6 atom stereocenters. The van der Waals surface area contributed by atoms with E-state index in [1.165, 1.54) is 29.0 Å². The number of methoxy groups -OCH3 is 3. The van der Waals surface area contributed by atoms with Crippen molar-refractivity contribution in [1.29, 1.82) is 0 Å². The molecule has 6 rings (SSSR count). The van der Waals surface area contributed by atoms with E-state index in [-0.39, 0.29) is 36.1 Å². The van der Waals surface area contributed by atoms with E-state index in [4.69, 9.17) is 51.6 Å². The Balaban J connectivity index is 1.35. The van der Waals surface area contributed by atoms with Gasteiger partial charge in [-0.2, -0.15) is 4.57 Å². The number of nitrogens with zero attached hydrogens (tertiary/aromatic N) is 3. The Kier molecular flexibility index (Phi) is 14.0. The third kappa shape index (κ3) is 8.62. The van der Waals surface area contributed by atoms with E-state index >= 15 is 0 Å². The highest BCUT2D eigenvalue weighted by molar-refractivity contribution is 6.33. The Morgan fingerprint density at radius 1 is 0.906 bits per heavy atom. The molecule has 2 amide bonds. The first kappa shape index (κ1) is 47.4. The molecular formula is C46H48Cl2N3O13+. The van der Waals surface area contributed by atoms with E-state index in [0.717, 1.165) is 33.4 Å². The molecule has 1 aromatic heterocycles. The van der Waals surface area contributed by atoms with Gasteiger partial charge in [-0.15, -0.1) is 0 Å². The number of carbonyl (C=O) groups excluding carboxylic acids is 5. The van der Waals surface area contributed by atoms with Crippen LogP contribution in [0.1, 0.15) is 73.5 Å². The van der Waals surface area contributed by atoms with Gasteiger partial charge < -0.3 is 38.6 Å². The number of Topliss-reactive ketones (excluding diaryl/α,β-unsaturated/α-hetero) is 1. The number of amides is 2. The maximum Gasteiger partial charge on any atom is 0.337 e. The minimum absolute atomic E-state index is 0.00117. The van der Waals surface area contributed by atoms with Gasteiger partial charge in [-0.3, -0.25) is 28.7 Å². The van der Waals surface area contributed by atoms with Crippen LogP contribution in [0.15, 0.2) is 79.1 Å². The lowest BCUT2D eigenvalue weighted by Gasteiger charge is -2.46. The number of fused-ring (bicyclic) bond motifs is 1. The van der Waals surface area contributed by atoms with Gasteiger partial charge in [0.2, 0.25) is 12.0 Å². The quantitative estimate of drug-likeness (QED) is 0.114. The third-order valence-corrected chi connectivity index (χ3v) is 12.2. The summed E-state index contributed by atoms with van der Waals surface area (Å²) in [6.45, 7) is 7.11. The average molecular weight is 922 g/mol. The highest BCUT2D eigenvalue weighted by Crippen LogP contribution is 2.50. The molecule has 2 aliphatic rings. The van der Waals surface area contributed by atoms with Gasteiger partial charge in [0, 0.05) is 72.1 Å². The standard InChI is InChI=1S/C46H47Cl2N3O13/c1-9-49(22-28-11-10-18-50(23-28)44-46(61-8,25(2)52)40(63-27(4)54)38(62-26(3)53)39(64-44)42(56)57)41(55)29-13-16-35(48)33(19-29)45(5)34-20-31(47)14-17-36(34)51(43(45)58)24-30-12-15-32(59-6)21-37(30)60-7/h10-21,23,38-40,44H,9,22,24H2,1-8H3/p+1/t38-,39+,40+,44-,45?,46-/m1/s1. The highest BCUT2D eigenvalue weighted by Gasteiger charge is 2.69. The smallest absolute Gasteiger partial charge is 0.337 e. The largest absolute Gasteiger partial charge is 0.497 e. The topological polar surface area (TPSA) is 188 Å². The van der Waals surface area contributed by atoms with Crippen LogP contribution in [0.3, 0.4) is 0 Å². The minimum atomic E-state index is -2.21. The van der Waals surface area contributed by atoms with Crippen molar-refractivity contribution >= 4 is 64.4 Å². The summed E-state index contributed by atoms with van der Waals surface area (Å²) in [7, 11) is 4.24. The van der Waals surface area contributed by atoms with E-state index in [9.17, 15) is 33.9 Å². The number of hydrogen-bond donors (Lipinski definition) is 1. The van der Waals surface area contributed by atoms with Crippen molar-refractivity contribution in [1.82, 2.24) is 4.90 Å². The average Bonchev–Trinajstić information content (AvgIpc) is 3.46. The van der Waals surface area contributed by atoms with Crippen LogP contribution in [0.25, 0.3) is 0 Å². The number of ketones is 1. The first-order valence-corrected chi connectivity index (χ1v) is 20.8. The van der Waals surface area contributed by atoms with E-state index < -0.39 is 65.2 Å². The molecule has 4 aromatic rings. The number of esters is 2. The zero-order valence-electron chi connectivity index (χ0n) is 36.4. The van der Waals surface area contributed by atoms with Crippen molar-refractivity contribution in [2.75, 3.05) is 32.8 Å². The third-order valence-electron chi connectivity index (χ3n) is 11.6. The molecule has 3 heterocycles. The number of anilines is 1. The first-order chi connectivity index (χ1) is 30.3. The number of rotatable bonds is 15. The normalized spacial score (nSPS) is 22.6. The van der Waals surface area contributed by atoms with Gasteiger partial charge in [-0.05, 0) is 86.5 Å². The zero-order chi connectivity index (χ0) is 46.8. The maximum atomic E-state index is 14.8. The first-order valence-electron chi connectivity index (χ1n) is 20.1. The Bertz CT molecular complexity index is 2520. The van der Waals surface area contributed by atoms with Gasteiger partial charge >= 0.3 is 24.1 Å². The number of pyridine rings is 1. The number of aromatic nitrogens is 1. The van der Waals surface area contributed by atoms with Crippen LogP contribution in [0.5, 0.6) is 11.5 Å². The van der Waals surface area contributed by atoms with Crippen molar-refractivity contribution in [2.24, 2.45) is 0 Å². The maximum absolute atomic E-state index is 14.8. The van der Waals surface area contributed by atoms with Crippen molar-refractivity contribution in [3.05, 3.63) is 117 Å². The second-order valence-corrected chi connectivity index (χ2v) is 16.3. The number of carboxylic acids is 1. The van der Waals surface area contributed by atoms with E-state index in [2.05, 4.69) is 0 Å². The second kappa shape index (κ2) is 19.0. The molecule has 338 valence electrons. The number of aliphatic carboxylic acids is 1. The predicted molar refractivity (Wildman–Crippen MR) is 230 cm³/mol. The van der Waals surface area contributed by atoms with Crippen LogP contribution < -0.4 is 18.9 Å². The summed E-state index contributed by atoms with van der Waals surface area (Å²) < 4.78 is 35.0. The second-order valence-electron chi connectivity index (χ2n) is 15.4.